The SMILES string of the molecule is CN(C)c1ccc(/C=N\Nc2cncc([C@@H](C#N)c3ccccc3)n2)cc1. The number of rotatable bonds is 6. The maximum Gasteiger partial charge on any atom is 0.165 e. The predicted octanol–water partition coefficient (Wildman–Crippen LogP) is 3.64. The zero-order valence-corrected chi connectivity index (χ0v) is 15.2. The van der Waals surface area contributed by atoms with Crippen molar-refractivity contribution in [2.45, 2.75) is 5.92 Å². The van der Waals surface area contributed by atoms with Gasteiger partial charge >= 0.3 is 0 Å². The van der Waals surface area contributed by atoms with Crippen molar-refractivity contribution in [3.63, 3.8) is 0 Å². The summed E-state index contributed by atoms with van der Waals surface area (Å²) in [4.78, 5) is 10.7. The van der Waals surface area contributed by atoms with Gasteiger partial charge in [0.25, 0.3) is 0 Å². The molecule has 6 nitrogen and oxygen atoms in total. The quantitative estimate of drug-likeness (QED) is 0.539. The molecule has 1 atom stereocenters. The van der Waals surface area contributed by atoms with E-state index in [1.165, 1.54) is 0 Å². The van der Waals surface area contributed by atoms with Crippen molar-refractivity contribution in [2.75, 3.05) is 24.4 Å². The number of hydrazone groups is 1. The first-order valence-corrected chi connectivity index (χ1v) is 8.50. The highest BCUT2D eigenvalue weighted by Crippen LogP contribution is 2.22. The van der Waals surface area contributed by atoms with Gasteiger partial charge in [-0.1, -0.05) is 42.5 Å². The number of benzene rings is 2. The highest BCUT2D eigenvalue weighted by Gasteiger charge is 2.15. The van der Waals surface area contributed by atoms with Crippen LogP contribution in [0.25, 0.3) is 0 Å². The molecule has 0 fully saturated rings. The summed E-state index contributed by atoms with van der Waals surface area (Å²) in [6.45, 7) is 0. The average molecular weight is 356 g/mol. The minimum Gasteiger partial charge on any atom is -0.378 e. The first-order chi connectivity index (χ1) is 13.2. The van der Waals surface area contributed by atoms with Crippen molar-refractivity contribution in [2.24, 2.45) is 5.10 Å². The van der Waals surface area contributed by atoms with Gasteiger partial charge in [-0.2, -0.15) is 10.4 Å². The molecule has 0 bridgehead atoms. The second kappa shape index (κ2) is 8.59. The van der Waals surface area contributed by atoms with Crippen LogP contribution in [0.4, 0.5) is 11.5 Å². The van der Waals surface area contributed by atoms with E-state index in [1.54, 1.807) is 18.6 Å². The summed E-state index contributed by atoms with van der Waals surface area (Å²) >= 11 is 0. The summed E-state index contributed by atoms with van der Waals surface area (Å²) in [6.07, 6.45) is 4.90. The molecular weight excluding hydrogens is 336 g/mol. The molecule has 27 heavy (non-hydrogen) atoms. The topological polar surface area (TPSA) is 77.2 Å². The molecule has 134 valence electrons. The number of nitrogens with zero attached hydrogens (tertiary/aromatic N) is 5. The fourth-order valence-corrected chi connectivity index (χ4v) is 2.56. The number of hydrogen-bond acceptors (Lipinski definition) is 6. The molecule has 0 saturated heterocycles. The Morgan fingerprint density at radius 2 is 1.81 bits per heavy atom. The lowest BCUT2D eigenvalue weighted by molar-refractivity contribution is 0.941. The lowest BCUT2D eigenvalue weighted by Crippen LogP contribution is -2.08. The second-order valence-electron chi connectivity index (χ2n) is 6.16. The van der Waals surface area contributed by atoms with E-state index >= 15 is 0 Å². The van der Waals surface area contributed by atoms with Crippen molar-refractivity contribution >= 4 is 17.7 Å². The van der Waals surface area contributed by atoms with Crippen LogP contribution in [0.2, 0.25) is 0 Å². The molecule has 3 rings (SSSR count). The maximum atomic E-state index is 9.54. The molecule has 0 aliphatic rings. The minimum atomic E-state index is -0.469. The molecule has 0 amide bonds. The molecule has 3 aromatic rings. The van der Waals surface area contributed by atoms with E-state index in [0.29, 0.717) is 11.5 Å². The largest absolute Gasteiger partial charge is 0.378 e. The van der Waals surface area contributed by atoms with E-state index in [9.17, 15) is 5.26 Å². The van der Waals surface area contributed by atoms with Gasteiger partial charge in [-0.3, -0.25) is 10.4 Å². The molecule has 0 unspecified atom stereocenters. The van der Waals surface area contributed by atoms with Gasteiger partial charge in [0.1, 0.15) is 5.92 Å². The Morgan fingerprint density at radius 3 is 2.48 bits per heavy atom. The van der Waals surface area contributed by atoms with Crippen molar-refractivity contribution in [3.8, 4) is 6.07 Å². The van der Waals surface area contributed by atoms with Crippen molar-refractivity contribution in [3.05, 3.63) is 83.8 Å². The third-order valence-electron chi connectivity index (χ3n) is 4.01. The third kappa shape index (κ3) is 4.67. The predicted molar refractivity (Wildman–Crippen MR) is 108 cm³/mol. The van der Waals surface area contributed by atoms with Crippen molar-refractivity contribution in [1.82, 2.24) is 9.97 Å². The average Bonchev–Trinajstić information content (AvgIpc) is 2.70. The third-order valence-corrected chi connectivity index (χ3v) is 4.01. The lowest BCUT2D eigenvalue weighted by atomic mass is 9.98. The molecule has 6 heteroatoms. The van der Waals surface area contributed by atoms with Gasteiger partial charge < -0.3 is 4.90 Å². The summed E-state index contributed by atoms with van der Waals surface area (Å²) in [5, 5.41) is 13.8. The molecule has 1 aromatic heterocycles. The fraction of sp³-hybridized carbons (Fsp3) is 0.143. The molecule has 1 N–H and O–H groups in total. The Hall–Kier alpha value is -3.72. The first kappa shape index (κ1) is 18.1. The van der Waals surface area contributed by atoms with Crippen LogP contribution in [-0.4, -0.2) is 30.3 Å². The number of nitriles is 1. The number of hydrogen-bond donors (Lipinski definition) is 1. The number of anilines is 2. The van der Waals surface area contributed by atoms with E-state index in [-0.39, 0.29) is 0 Å². The van der Waals surface area contributed by atoms with E-state index < -0.39 is 5.92 Å². The van der Waals surface area contributed by atoms with E-state index in [2.05, 4.69) is 26.6 Å². The van der Waals surface area contributed by atoms with Gasteiger partial charge in [0.2, 0.25) is 0 Å². The van der Waals surface area contributed by atoms with Crippen LogP contribution in [0.15, 0.2) is 72.1 Å². The molecular formula is C21H20N6. The fourth-order valence-electron chi connectivity index (χ4n) is 2.56. The monoisotopic (exact) mass is 356 g/mol. The Kier molecular flexibility index (Phi) is 5.75. The van der Waals surface area contributed by atoms with Crippen LogP contribution in [-0.2, 0) is 0 Å². The van der Waals surface area contributed by atoms with E-state index in [0.717, 1.165) is 16.8 Å². The van der Waals surface area contributed by atoms with Gasteiger partial charge in [0, 0.05) is 19.8 Å². The highest BCUT2D eigenvalue weighted by molar-refractivity contribution is 5.80. The summed E-state index contributed by atoms with van der Waals surface area (Å²) in [5.74, 6) is 0.0212. The van der Waals surface area contributed by atoms with Gasteiger partial charge in [-0.25, -0.2) is 4.98 Å². The van der Waals surface area contributed by atoms with Crippen LogP contribution in [0.5, 0.6) is 0 Å². The zero-order chi connectivity index (χ0) is 19.1. The molecule has 0 aliphatic heterocycles. The van der Waals surface area contributed by atoms with Crippen molar-refractivity contribution < 1.29 is 0 Å². The first-order valence-electron chi connectivity index (χ1n) is 8.50. The lowest BCUT2D eigenvalue weighted by Gasteiger charge is -2.11. The van der Waals surface area contributed by atoms with E-state index in [4.69, 9.17) is 0 Å². The van der Waals surface area contributed by atoms with Gasteiger partial charge in [-0.05, 0) is 23.3 Å². The van der Waals surface area contributed by atoms with Crippen LogP contribution >= 0.6 is 0 Å². The van der Waals surface area contributed by atoms with Crippen molar-refractivity contribution in [1.29, 1.82) is 5.26 Å². The molecule has 0 radical (unpaired) electrons. The Balaban J connectivity index is 1.71. The molecule has 0 aliphatic carbocycles. The van der Waals surface area contributed by atoms with Crippen LogP contribution in [0.1, 0.15) is 22.7 Å². The minimum absolute atomic E-state index is 0.469. The summed E-state index contributed by atoms with van der Waals surface area (Å²) in [5.41, 5.74) is 6.44. The summed E-state index contributed by atoms with van der Waals surface area (Å²) < 4.78 is 0. The van der Waals surface area contributed by atoms with Gasteiger partial charge in [0.15, 0.2) is 5.82 Å². The molecule has 1 heterocycles. The Bertz CT molecular complexity index is 942. The van der Waals surface area contributed by atoms with Gasteiger partial charge in [-0.15, -0.1) is 0 Å². The smallest absolute Gasteiger partial charge is 0.165 e. The standard InChI is InChI=1S/C21H20N6/c1-27(2)18-10-8-16(9-11-18)13-24-26-21-15-23-14-20(25-21)19(12-22)17-6-4-3-5-7-17/h3-11,13-15,19H,1-2H3,(H,25,26)/b24-13-/t19-/m0/s1. The Labute approximate surface area is 158 Å². The number of nitrogens with one attached hydrogen (secondary N) is 1. The molecule has 0 saturated carbocycles. The summed E-state index contributed by atoms with van der Waals surface area (Å²) in [6, 6.07) is 19.9. The summed E-state index contributed by atoms with van der Waals surface area (Å²) in [7, 11) is 4.00. The normalized spacial score (nSPS) is 11.7. The second-order valence-corrected chi connectivity index (χ2v) is 6.16. The van der Waals surface area contributed by atoms with Crippen LogP contribution in [0.3, 0.4) is 0 Å². The molecule has 2 aromatic carbocycles. The van der Waals surface area contributed by atoms with Crippen LogP contribution in [0, 0.1) is 11.3 Å². The van der Waals surface area contributed by atoms with Crippen LogP contribution < -0.4 is 10.3 Å². The van der Waals surface area contributed by atoms with Gasteiger partial charge in [0.05, 0.1) is 30.4 Å². The number of aromatic nitrogens is 2. The molecule has 0 spiro atoms. The maximum absolute atomic E-state index is 9.54. The highest BCUT2D eigenvalue weighted by atomic mass is 15.3. The zero-order valence-electron chi connectivity index (χ0n) is 15.2. The van der Waals surface area contributed by atoms with E-state index in [1.807, 2.05) is 73.6 Å². The Morgan fingerprint density at radius 1 is 1.07 bits per heavy atom.